The normalized spacial score (nSPS) is 11.3. The van der Waals surface area contributed by atoms with E-state index in [9.17, 15) is 10.1 Å². The smallest absolute Gasteiger partial charge is 0.267 e. The van der Waals surface area contributed by atoms with Crippen LogP contribution in [0.1, 0.15) is 38.8 Å². The van der Waals surface area contributed by atoms with Crippen molar-refractivity contribution < 1.29 is 4.79 Å². The third-order valence-electron chi connectivity index (χ3n) is 4.32. The molecule has 2 N–H and O–H groups in total. The Labute approximate surface area is 151 Å². The Hall–Kier alpha value is -2.32. The van der Waals surface area contributed by atoms with E-state index >= 15 is 0 Å². The first-order chi connectivity index (χ1) is 12.1. The summed E-state index contributed by atoms with van der Waals surface area (Å²) in [5.41, 5.74) is 3.09. The summed E-state index contributed by atoms with van der Waals surface area (Å²) in [6.45, 7) is 11.9. The SMILES string of the molecule is CCc1cccc(CC)c1NC(=O)/C(C#N)=C\NCCN(CC)CC. The molecule has 0 radical (unpaired) electrons. The molecule has 0 aromatic heterocycles. The van der Waals surface area contributed by atoms with Gasteiger partial charge in [0.2, 0.25) is 0 Å². The van der Waals surface area contributed by atoms with Crippen molar-refractivity contribution in [3.63, 3.8) is 0 Å². The molecule has 25 heavy (non-hydrogen) atoms. The topological polar surface area (TPSA) is 68.2 Å². The van der Waals surface area contributed by atoms with Crippen molar-refractivity contribution in [3.05, 3.63) is 41.1 Å². The predicted octanol–water partition coefficient (Wildman–Crippen LogP) is 3.09. The summed E-state index contributed by atoms with van der Waals surface area (Å²) in [4.78, 5) is 14.7. The molecule has 136 valence electrons. The molecule has 0 unspecified atom stereocenters. The summed E-state index contributed by atoms with van der Waals surface area (Å²) in [6, 6.07) is 8.00. The number of nitriles is 1. The lowest BCUT2D eigenvalue weighted by Crippen LogP contribution is -2.30. The van der Waals surface area contributed by atoms with Crippen LogP contribution < -0.4 is 10.6 Å². The second-order valence-electron chi connectivity index (χ2n) is 5.76. The molecule has 0 heterocycles. The molecule has 0 saturated carbocycles. The fourth-order valence-electron chi connectivity index (χ4n) is 2.67. The number of amides is 1. The number of carbonyl (C=O) groups is 1. The lowest BCUT2D eigenvalue weighted by molar-refractivity contribution is -0.112. The zero-order valence-electron chi connectivity index (χ0n) is 15.9. The number of nitrogens with zero attached hydrogens (tertiary/aromatic N) is 2. The Morgan fingerprint density at radius 2 is 1.76 bits per heavy atom. The highest BCUT2D eigenvalue weighted by atomic mass is 16.1. The van der Waals surface area contributed by atoms with E-state index in [1.165, 1.54) is 6.20 Å². The van der Waals surface area contributed by atoms with Crippen molar-refractivity contribution in [2.75, 3.05) is 31.5 Å². The number of aryl methyl sites for hydroxylation is 2. The minimum absolute atomic E-state index is 0.0903. The number of rotatable bonds is 10. The summed E-state index contributed by atoms with van der Waals surface area (Å²) in [5.74, 6) is -0.367. The van der Waals surface area contributed by atoms with Crippen LogP contribution in [0.4, 0.5) is 5.69 Å². The molecule has 0 saturated heterocycles. The van der Waals surface area contributed by atoms with E-state index in [0.717, 1.165) is 49.3 Å². The van der Waals surface area contributed by atoms with E-state index < -0.39 is 0 Å². The van der Waals surface area contributed by atoms with E-state index in [0.29, 0.717) is 6.54 Å². The molecule has 1 rings (SSSR count). The maximum Gasteiger partial charge on any atom is 0.267 e. The number of benzene rings is 1. The zero-order valence-corrected chi connectivity index (χ0v) is 15.9. The largest absolute Gasteiger partial charge is 0.388 e. The molecule has 0 aliphatic rings. The van der Waals surface area contributed by atoms with E-state index in [-0.39, 0.29) is 11.5 Å². The number of hydrogen-bond donors (Lipinski definition) is 2. The molecule has 0 atom stereocenters. The Kier molecular flexibility index (Phi) is 9.34. The Morgan fingerprint density at radius 1 is 1.16 bits per heavy atom. The van der Waals surface area contributed by atoms with E-state index in [1.807, 2.05) is 24.3 Å². The molecular formula is C20H30N4O. The summed E-state index contributed by atoms with van der Waals surface area (Å²) >= 11 is 0. The molecule has 0 bridgehead atoms. The lowest BCUT2D eigenvalue weighted by atomic mass is 10.0. The minimum atomic E-state index is -0.367. The van der Waals surface area contributed by atoms with Crippen LogP contribution in [0.5, 0.6) is 0 Å². The average Bonchev–Trinajstić information content (AvgIpc) is 2.64. The van der Waals surface area contributed by atoms with Crippen LogP contribution in [0.25, 0.3) is 0 Å². The van der Waals surface area contributed by atoms with Gasteiger partial charge in [0.25, 0.3) is 5.91 Å². The highest BCUT2D eigenvalue weighted by molar-refractivity contribution is 6.07. The van der Waals surface area contributed by atoms with Gasteiger partial charge in [-0.1, -0.05) is 45.9 Å². The predicted molar refractivity (Wildman–Crippen MR) is 103 cm³/mol. The van der Waals surface area contributed by atoms with Crippen molar-refractivity contribution in [1.29, 1.82) is 5.26 Å². The molecule has 1 amide bonds. The van der Waals surface area contributed by atoms with Crippen molar-refractivity contribution in [1.82, 2.24) is 10.2 Å². The monoisotopic (exact) mass is 342 g/mol. The van der Waals surface area contributed by atoms with Gasteiger partial charge in [0, 0.05) is 25.0 Å². The number of anilines is 1. The molecule has 0 spiro atoms. The van der Waals surface area contributed by atoms with E-state index in [1.54, 1.807) is 0 Å². The number of likely N-dealkylation sites (N-methyl/N-ethyl adjacent to an activating group) is 1. The number of hydrogen-bond acceptors (Lipinski definition) is 4. The first-order valence-corrected chi connectivity index (χ1v) is 9.09. The van der Waals surface area contributed by atoms with Crippen LogP contribution in [-0.2, 0) is 17.6 Å². The Morgan fingerprint density at radius 3 is 2.24 bits per heavy atom. The van der Waals surface area contributed by atoms with Gasteiger partial charge in [0.15, 0.2) is 0 Å². The Balaban J connectivity index is 2.77. The first-order valence-electron chi connectivity index (χ1n) is 9.09. The number of nitrogens with one attached hydrogen (secondary N) is 2. The molecular weight excluding hydrogens is 312 g/mol. The van der Waals surface area contributed by atoms with Crippen LogP contribution in [0.15, 0.2) is 30.0 Å². The molecule has 5 nitrogen and oxygen atoms in total. The van der Waals surface area contributed by atoms with Crippen molar-refractivity contribution >= 4 is 11.6 Å². The van der Waals surface area contributed by atoms with Crippen molar-refractivity contribution in [2.45, 2.75) is 40.5 Å². The van der Waals surface area contributed by atoms with Gasteiger partial charge in [0.1, 0.15) is 11.6 Å². The maximum absolute atomic E-state index is 12.5. The van der Waals surface area contributed by atoms with E-state index in [4.69, 9.17) is 0 Å². The van der Waals surface area contributed by atoms with Crippen LogP contribution in [0.3, 0.4) is 0 Å². The summed E-state index contributed by atoms with van der Waals surface area (Å²) < 4.78 is 0. The number of carbonyl (C=O) groups excluding carboxylic acids is 1. The minimum Gasteiger partial charge on any atom is -0.388 e. The van der Waals surface area contributed by atoms with Gasteiger partial charge in [0.05, 0.1) is 0 Å². The van der Waals surface area contributed by atoms with Gasteiger partial charge in [-0.05, 0) is 37.1 Å². The van der Waals surface area contributed by atoms with Gasteiger partial charge >= 0.3 is 0 Å². The molecule has 0 fully saturated rings. The van der Waals surface area contributed by atoms with Crippen molar-refractivity contribution in [3.8, 4) is 6.07 Å². The fraction of sp³-hybridized carbons (Fsp3) is 0.500. The summed E-state index contributed by atoms with van der Waals surface area (Å²) in [6.07, 6.45) is 3.17. The van der Waals surface area contributed by atoms with Gasteiger partial charge in [-0.3, -0.25) is 4.79 Å². The van der Waals surface area contributed by atoms with Gasteiger partial charge in [-0.25, -0.2) is 0 Å². The fourth-order valence-corrected chi connectivity index (χ4v) is 2.67. The first kappa shape index (κ1) is 20.7. The average molecular weight is 342 g/mol. The second kappa shape index (κ2) is 11.3. The lowest BCUT2D eigenvalue weighted by Gasteiger charge is -2.17. The highest BCUT2D eigenvalue weighted by Gasteiger charge is 2.13. The van der Waals surface area contributed by atoms with Crippen LogP contribution in [0, 0.1) is 11.3 Å². The maximum atomic E-state index is 12.5. The second-order valence-corrected chi connectivity index (χ2v) is 5.76. The highest BCUT2D eigenvalue weighted by Crippen LogP contribution is 2.23. The molecule has 5 heteroatoms. The molecule has 0 aliphatic carbocycles. The molecule has 1 aromatic carbocycles. The van der Waals surface area contributed by atoms with Crippen LogP contribution >= 0.6 is 0 Å². The summed E-state index contributed by atoms with van der Waals surface area (Å²) in [5, 5.41) is 15.3. The standard InChI is InChI=1S/C20H30N4O/c1-5-16-10-9-11-17(6-2)19(16)23-20(25)18(14-21)15-22-12-13-24(7-3)8-4/h9-11,15,22H,5-8,12-13H2,1-4H3,(H,23,25)/b18-15-. The molecule has 1 aromatic rings. The Bertz CT molecular complexity index is 605. The van der Waals surface area contributed by atoms with Crippen LogP contribution in [0.2, 0.25) is 0 Å². The third kappa shape index (κ3) is 6.24. The van der Waals surface area contributed by atoms with Gasteiger partial charge in [-0.2, -0.15) is 5.26 Å². The van der Waals surface area contributed by atoms with Gasteiger partial charge < -0.3 is 15.5 Å². The number of para-hydroxylation sites is 1. The van der Waals surface area contributed by atoms with Crippen LogP contribution in [-0.4, -0.2) is 37.0 Å². The molecule has 0 aliphatic heterocycles. The zero-order chi connectivity index (χ0) is 18.7. The quantitative estimate of drug-likeness (QED) is 0.389. The third-order valence-corrected chi connectivity index (χ3v) is 4.32. The van der Waals surface area contributed by atoms with Gasteiger partial charge in [-0.15, -0.1) is 0 Å². The van der Waals surface area contributed by atoms with Crippen molar-refractivity contribution in [2.24, 2.45) is 0 Å². The van der Waals surface area contributed by atoms with E-state index in [2.05, 4.69) is 43.2 Å². The summed E-state index contributed by atoms with van der Waals surface area (Å²) in [7, 11) is 0.